The number of carbonyl (C=O) groups excluding carboxylic acids is 1. The van der Waals surface area contributed by atoms with Crippen LogP contribution in [0.25, 0.3) is 10.2 Å². The summed E-state index contributed by atoms with van der Waals surface area (Å²) in [4.78, 5) is 23.8. The smallest absolute Gasteiger partial charge is 0.261 e. The zero-order valence-corrected chi connectivity index (χ0v) is 15.4. The summed E-state index contributed by atoms with van der Waals surface area (Å²) in [6.45, 7) is 0.520. The number of anilines is 3. The van der Waals surface area contributed by atoms with Gasteiger partial charge in [0.25, 0.3) is 5.91 Å². The molecule has 0 atom stereocenters. The molecule has 0 fully saturated rings. The van der Waals surface area contributed by atoms with Crippen LogP contribution < -0.4 is 20.7 Å². The van der Waals surface area contributed by atoms with E-state index >= 15 is 0 Å². The van der Waals surface area contributed by atoms with E-state index in [9.17, 15) is 4.79 Å². The molecule has 3 aromatic heterocycles. The molecule has 5 rings (SSSR count). The van der Waals surface area contributed by atoms with Crippen LogP contribution in [-0.2, 0) is 0 Å². The molecule has 0 radical (unpaired) electrons. The molecule has 0 unspecified atom stereocenters. The van der Waals surface area contributed by atoms with Gasteiger partial charge in [-0.05, 0) is 42.5 Å². The van der Waals surface area contributed by atoms with Crippen molar-refractivity contribution in [2.24, 2.45) is 5.73 Å². The number of aromatic nitrogens is 2. The number of pyridine rings is 2. The van der Waals surface area contributed by atoms with Gasteiger partial charge >= 0.3 is 0 Å². The van der Waals surface area contributed by atoms with Gasteiger partial charge in [-0.25, -0.2) is 4.98 Å². The number of hydrogen-bond donors (Lipinski definition) is 2. The Labute approximate surface area is 164 Å². The molecule has 3 N–H and O–H groups in total. The lowest BCUT2D eigenvalue weighted by molar-refractivity contribution is 0.100. The van der Waals surface area contributed by atoms with Gasteiger partial charge in [0.2, 0.25) is 0 Å². The van der Waals surface area contributed by atoms with Crippen molar-refractivity contribution in [3.8, 4) is 11.5 Å². The summed E-state index contributed by atoms with van der Waals surface area (Å²) in [5, 5.41) is 4.30. The molecular formula is C20H15N5O2S. The van der Waals surface area contributed by atoms with E-state index in [1.165, 1.54) is 11.3 Å². The molecule has 0 spiro atoms. The molecule has 7 nitrogen and oxygen atoms in total. The van der Waals surface area contributed by atoms with Gasteiger partial charge in [0, 0.05) is 23.8 Å². The molecular weight excluding hydrogens is 374 g/mol. The van der Waals surface area contributed by atoms with Crippen molar-refractivity contribution < 1.29 is 9.53 Å². The molecule has 8 heteroatoms. The molecule has 138 valence electrons. The number of primary amides is 1. The number of amides is 1. The van der Waals surface area contributed by atoms with Crippen LogP contribution in [0.5, 0.6) is 11.5 Å². The van der Waals surface area contributed by atoms with Gasteiger partial charge in [-0.1, -0.05) is 0 Å². The first-order valence-electron chi connectivity index (χ1n) is 8.61. The summed E-state index contributed by atoms with van der Waals surface area (Å²) in [7, 11) is 0. The molecule has 28 heavy (non-hydrogen) atoms. The van der Waals surface area contributed by atoms with Crippen molar-refractivity contribution in [2.75, 3.05) is 16.9 Å². The second kappa shape index (κ2) is 6.50. The monoisotopic (exact) mass is 389 g/mol. The first-order valence-corrected chi connectivity index (χ1v) is 9.43. The van der Waals surface area contributed by atoms with Gasteiger partial charge in [0.05, 0.1) is 23.9 Å². The van der Waals surface area contributed by atoms with E-state index in [-0.39, 0.29) is 0 Å². The van der Waals surface area contributed by atoms with Gasteiger partial charge in [0.1, 0.15) is 21.2 Å². The lowest BCUT2D eigenvalue weighted by Crippen LogP contribution is -2.29. The highest BCUT2D eigenvalue weighted by Gasteiger charge is 2.28. The van der Waals surface area contributed by atoms with E-state index in [1.54, 1.807) is 18.6 Å². The molecule has 1 amide bonds. The number of thiophene rings is 1. The molecule has 4 aromatic rings. The number of nitrogens with two attached hydrogens (primary N) is 1. The summed E-state index contributed by atoms with van der Waals surface area (Å²) in [6, 6.07) is 13.2. The Hall–Kier alpha value is -3.65. The number of rotatable bonds is 4. The van der Waals surface area contributed by atoms with Gasteiger partial charge in [-0.3, -0.25) is 9.78 Å². The molecule has 1 aliphatic rings. The SMILES string of the molecule is NC(=O)c1sc2nccc3c2c1N(c1ccc(Oc2cccnc2)cc1)CN3. The maximum atomic E-state index is 12.1. The van der Waals surface area contributed by atoms with E-state index in [0.717, 1.165) is 27.3 Å². The Morgan fingerprint density at radius 1 is 1.14 bits per heavy atom. The largest absolute Gasteiger partial charge is 0.456 e. The standard InChI is InChI=1S/C20H15N5O2S/c21-19(26)18-17-16-15(7-9-23-20(16)28-18)24-11-25(17)12-3-5-13(6-4-12)27-14-2-1-8-22-10-14/h1-10,24H,11H2,(H2,21,26). The van der Waals surface area contributed by atoms with Crippen molar-refractivity contribution in [3.05, 3.63) is 65.9 Å². The predicted octanol–water partition coefficient (Wildman–Crippen LogP) is 4.10. The van der Waals surface area contributed by atoms with Gasteiger partial charge in [0.15, 0.2) is 0 Å². The summed E-state index contributed by atoms with van der Waals surface area (Å²) < 4.78 is 5.80. The summed E-state index contributed by atoms with van der Waals surface area (Å²) in [5.41, 5.74) is 8.32. The topological polar surface area (TPSA) is 93.4 Å². The fourth-order valence-corrected chi connectivity index (χ4v) is 4.31. The molecule has 1 aliphatic heterocycles. The number of carbonyl (C=O) groups is 1. The first-order chi connectivity index (χ1) is 13.7. The van der Waals surface area contributed by atoms with Crippen molar-refractivity contribution >= 4 is 44.5 Å². The molecule has 0 aliphatic carbocycles. The van der Waals surface area contributed by atoms with Crippen molar-refractivity contribution in [3.63, 3.8) is 0 Å². The van der Waals surface area contributed by atoms with Gasteiger partial charge < -0.3 is 20.7 Å². The van der Waals surface area contributed by atoms with Crippen LogP contribution in [0.1, 0.15) is 9.67 Å². The number of ether oxygens (including phenoxy) is 1. The first kappa shape index (κ1) is 16.5. The Morgan fingerprint density at radius 3 is 2.75 bits per heavy atom. The average Bonchev–Trinajstić information content (AvgIpc) is 3.12. The summed E-state index contributed by atoms with van der Waals surface area (Å²) in [6.07, 6.45) is 5.09. The average molecular weight is 389 g/mol. The minimum atomic E-state index is -0.451. The minimum absolute atomic E-state index is 0.451. The van der Waals surface area contributed by atoms with Gasteiger partial charge in [-0.15, -0.1) is 11.3 Å². The lowest BCUT2D eigenvalue weighted by Gasteiger charge is -2.30. The quantitative estimate of drug-likeness (QED) is 0.546. The van der Waals surface area contributed by atoms with Crippen LogP contribution in [0.4, 0.5) is 17.1 Å². The third kappa shape index (κ3) is 2.71. The van der Waals surface area contributed by atoms with E-state index in [4.69, 9.17) is 10.5 Å². The van der Waals surface area contributed by atoms with Crippen molar-refractivity contribution in [1.29, 1.82) is 0 Å². The van der Waals surface area contributed by atoms with Crippen LogP contribution in [0.15, 0.2) is 61.1 Å². The molecule has 4 heterocycles. The molecule has 0 saturated heterocycles. The third-order valence-corrected chi connectivity index (χ3v) is 5.61. The Bertz CT molecular complexity index is 1170. The summed E-state index contributed by atoms with van der Waals surface area (Å²) >= 11 is 1.32. The Kier molecular flexibility index (Phi) is 3.84. The maximum absolute atomic E-state index is 12.1. The molecule has 0 bridgehead atoms. The Morgan fingerprint density at radius 2 is 2.00 bits per heavy atom. The number of hydrogen-bond acceptors (Lipinski definition) is 7. The van der Waals surface area contributed by atoms with E-state index < -0.39 is 5.91 Å². The van der Waals surface area contributed by atoms with E-state index in [0.29, 0.717) is 23.0 Å². The second-order valence-corrected chi connectivity index (χ2v) is 7.23. The maximum Gasteiger partial charge on any atom is 0.261 e. The number of benzene rings is 1. The fraction of sp³-hybridized carbons (Fsp3) is 0.0500. The zero-order valence-electron chi connectivity index (χ0n) is 14.6. The third-order valence-electron chi connectivity index (χ3n) is 4.51. The highest BCUT2D eigenvalue weighted by atomic mass is 32.1. The molecule has 1 aromatic carbocycles. The van der Waals surface area contributed by atoms with Crippen LogP contribution in [0, 0.1) is 0 Å². The van der Waals surface area contributed by atoms with Gasteiger partial charge in [-0.2, -0.15) is 0 Å². The van der Waals surface area contributed by atoms with Crippen molar-refractivity contribution in [2.45, 2.75) is 0 Å². The van der Waals surface area contributed by atoms with E-state index in [2.05, 4.69) is 15.3 Å². The second-order valence-electron chi connectivity index (χ2n) is 6.23. The normalized spacial score (nSPS) is 12.6. The zero-order chi connectivity index (χ0) is 19.1. The summed E-state index contributed by atoms with van der Waals surface area (Å²) in [5.74, 6) is 0.923. The highest BCUT2D eigenvalue weighted by molar-refractivity contribution is 7.21. The predicted molar refractivity (Wildman–Crippen MR) is 110 cm³/mol. The highest BCUT2D eigenvalue weighted by Crippen LogP contribution is 2.46. The number of nitrogens with zero attached hydrogens (tertiary/aromatic N) is 3. The van der Waals surface area contributed by atoms with Crippen LogP contribution >= 0.6 is 11.3 Å². The molecule has 0 saturated carbocycles. The van der Waals surface area contributed by atoms with E-state index in [1.807, 2.05) is 47.4 Å². The van der Waals surface area contributed by atoms with Crippen LogP contribution in [0.3, 0.4) is 0 Å². The van der Waals surface area contributed by atoms with Crippen molar-refractivity contribution in [1.82, 2.24) is 9.97 Å². The minimum Gasteiger partial charge on any atom is -0.456 e. The lowest BCUT2D eigenvalue weighted by atomic mass is 10.1. The Balaban J connectivity index is 1.53. The van der Waals surface area contributed by atoms with Crippen LogP contribution in [-0.4, -0.2) is 22.5 Å². The fourth-order valence-electron chi connectivity index (χ4n) is 3.28. The van der Waals surface area contributed by atoms with Crippen LogP contribution in [0.2, 0.25) is 0 Å². The number of nitrogens with one attached hydrogen (secondary N) is 1.